The minimum atomic E-state index is -0.299. The smallest absolute Gasteiger partial charge is 0.164 e. The van der Waals surface area contributed by atoms with Gasteiger partial charge in [0, 0.05) is 10.6 Å². The number of nitrogens with one attached hydrogen (secondary N) is 1. The van der Waals surface area contributed by atoms with E-state index in [0.717, 1.165) is 31.7 Å². The standard InChI is InChI=1S/C25H18FN3S/c1-16-9-11-21(12-10-16)30-25-24(27-20-8-4-7-19(26)15-20)28-22-13-17-5-2-3-6-18(17)14-23(22)29-25/h2-15H,1H3,(H,27,28). The third-order valence-corrected chi connectivity index (χ3v) is 5.81. The van der Waals surface area contributed by atoms with Gasteiger partial charge in [-0.2, -0.15) is 0 Å². The quantitative estimate of drug-likeness (QED) is 0.319. The van der Waals surface area contributed by atoms with E-state index in [2.05, 4.69) is 54.7 Å². The van der Waals surface area contributed by atoms with E-state index < -0.39 is 0 Å². The van der Waals surface area contributed by atoms with Crippen molar-refractivity contribution in [2.24, 2.45) is 0 Å². The zero-order valence-electron chi connectivity index (χ0n) is 16.3. The van der Waals surface area contributed by atoms with Gasteiger partial charge in [-0.25, -0.2) is 14.4 Å². The van der Waals surface area contributed by atoms with Crippen LogP contribution in [-0.4, -0.2) is 9.97 Å². The van der Waals surface area contributed by atoms with Crippen molar-refractivity contribution in [2.45, 2.75) is 16.8 Å². The molecule has 5 rings (SSSR count). The predicted octanol–water partition coefficient (Wildman–Crippen LogP) is 7.13. The molecule has 0 aliphatic carbocycles. The Bertz CT molecular complexity index is 1370. The molecule has 1 N–H and O–H groups in total. The number of halogens is 1. The van der Waals surface area contributed by atoms with E-state index in [1.54, 1.807) is 6.07 Å². The van der Waals surface area contributed by atoms with Crippen LogP contribution in [-0.2, 0) is 0 Å². The molecule has 5 heteroatoms. The molecule has 146 valence electrons. The lowest BCUT2D eigenvalue weighted by atomic mass is 10.1. The first kappa shape index (κ1) is 18.6. The maximum absolute atomic E-state index is 13.7. The molecule has 0 atom stereocenters. The Morgan fingerprint density at radius 1 is 0.767 bits per heavy atom. The Morgan fingerprint density at radius 3 is 2.17 bits per heavy atom. The van der Waals surface area contributed by atoms with Crippen LogP contribution in [0.25, 0.3) is 21.8 Å². The van der Waals surface area contributed by atoms with Crippen LogP contribution in [0.3, 0.4) is 0 Å². The molecule has 0 amide bonds. The van der Waals surface area contributed by atoms with E-state index in [1.165, 1.54) is 29.5 Å². The van der Waals surface area contributed by atoms with E-state index >= 15 is 0 Å². The average Bonchev–Trinajstić information content (AvgIpc) is 2.74. The van der Waals surface area contributed by atoms with Crippen molar-refractivity contribution in [1.29, 1.82) is 0 Å². The average molecular weight is 412 g/mol. The summed E-state index contributed by atoms with van der Waals surface area (Å²) in [5.41, 5.74) is 3.46. The summed E-state index contributed by atoms with van der Waals surface area (Å²) in [6.45, 7) is 2.06. The van der Waals surface area contributed by atoms with Gasteiger partial charge in [-0.15, -0.1) is 0 Å². The molecule has 0 aliphatic rings. The van der Waals surface area contributed by atoms with Gasteiger partial charge in [-0.1, -0.05) is 59.8 Å². The number of anilines is 2. The molecule has 30 heavy (non-hydrogen) atoms. The van der Waals surface area contributed by atoms with E-state index in [9.17, 15) is 4.39 Å². The van der Waals surface area contributed by atoms with Crippen molar-refractivity contribution < 1.29 is 4.39 Å². The first-order valence-corrected chi connectivity index (χ1v) is 10.4. The van der Waals surface area contributed by atoms with Gasteiger partial charge in [0.15, 0.2) is 5.82 Å². The Morgan fingerprint density at radius 2 is 1.47 bits per heavy atom. The van der Waals surface area contributed by atoms with E-state index in [-0.39, 0.29) is 5.82 Å². The van der Waals surface area contributed by atoms with Crippen molar-refractivity contribution in [3.05, 3.63) is 96.3 Å². The Hall–Kier alpha value is -3.44. The zero-order valence-corrected chi connectivity index (χ0v) is 17.1. The van der Waals surface area contributed by atoms with Gasteiger partial charge < -0.3 is 5.32 Å². The van der Waals surface area contributed by atoms with Gasteiger partial charge in [0.05, 0.1) is 11.0 Å². The van der Waals surface area contributed by atoms with E-state index in [1.807, 2.05) is 24.3 Å². The SMILES string of the molecule is Cc1ccc(Sc2nc3cc4ccccc4cc3nc2Nc2cccc(F)c2)cc1. The van der Waals surface area contributed by atoms with Gasteiger partial charge >= 0.3 is 0 Å². The second-order valence-electron chi connectivity index (χ2n) is 7.12. The molecule has 4 aromatic carbocycles. The van der Waals surface area contributed by atoms with Gasteiger partial charge in [0.2, 0.25) is 0 Å². The van der Waals surface area contributed by atoms with Crippen LogP contribution in [0.2, 0.25) is 0 Å². The highest BCUT2D eigenvalue weighted by atomic mass is 32.2. The van der Waals surface area contributed by atoms with Crippen molar-refractivity contribution in [3.63, 3.8) is 0 Å². The predicted molar refractivity (Wildman–Crippen MR) is 122 cm³/mol. The highest BCUT2D eigenvalue weighted by molar-refractivity contribution is 7.99. The zero-order chi connectivity index (χ0) is 20.5. The second-order valence-corrected chi connectivity index (χ2v) is 8.18. The largest absolute Gasteiger partial charge is 0.338 e. The summed E-state index contributed by atoms with van der Waals surface area (Å²) in [4.78, 5) is 10.8. The van der Waals surface area contributed by atoms with Crippen molar-refractivity contribution in [1.82, 2.24) is 9.97 Å². The minimum Gasteiger partial charge on any atom is -0.338 e. The number of nitrogens with zero attached hydrogens (tertiary/aromatic N) is 2. The minimum absolute atomic E-state index is 0.299. The van der Waals surface area contributed by atoms with Crippen molar-refractivity contribution >= 4 is 45.1 Å². The fourth-order valence-corrected chi connectivity index (χ4v) is 4.13. The molecule has 0 spiro atoms. The van der Waals surface area contributed by atoms with Gasteiger partial charge in [-0.05, 0) is 60.2 Å². The van der Waals surface area contributed by atoms with Gasteiger partial charge in [0.1, 0.15) is 10.8 Å². The summed E-state index contributed by atoms with van der Waals surface area (Å²) in [5, 5.41) is 6.22. The van der Waals surface area contributed by atoms with Crippen molar-refractivity contribution in [2.75, 3.05) is 5.32 Å². The number of hydrogen-bond acceptors (Lipinski definition) is 4. The highest BCUT2D eigenvalue weighted by Gasteiger charge is 2.12. The molecule has 0 unspecified atom stereocenters. The fourth-order valence-electron chi connectivity index (χ4n) is 3.30. The third kappa shape index (κ3) is 3.84. The van der Waals surface area contributed by atoms with E-state index in [0.29, 0.717) is 11.5 Å². The molecule has 0 radical (unpaired) electrons. The maximum Gasteiger partial charge on any atom is 0.164 e. The van der Waals surface area contributed by atoms with Crippen LogP contribution < -0.4 is 5.32 Å². The fraction of sp³-hybridized carbons (Fsp3) is 0.0400. The summed E-state index contributed by atoms with van der Waals surface area (Å²) in [5.74, 6) is 0.307. The van der Waals surface area contributed by atoms with Crippen molar-refractivity contribution in [3.8, 4) is 0 Å². The molecule has 3 nitrogen and oxygen atoms in total. The number of fused-ring (bicyclic) bond motifs is 2. The molecule has 0 fully saturated rings. The lowest BCUT2D eigenvalue weighted by molar-refractivity contribution is 0.628. The maximum atomic E-state index is 13.7. The van der Waals surface area contributed by atoms with Crippen LogP contribution in [0.5, 0.6) is 0 Å². The summed E-state index contributed by atoms with van der Waals surface area (Å²) < 4.78 is 13.7. The number of benzene rings is 4. The molecule has 0 bridgehead atoms. The topological polar surface area (TPSA) is 37.8 Å². The molecular weight excluding hydrogens is 393 g/mol. The lowest BCUT2D eigenvalue weighted by Gasteiger charge is -2.12. The Balaban J connectivity index is 1.64. The van der Waals surface area contributed by atoms with Gasteiger partial charge in [0.25, 0.3) is 0 Å². The van der Waals surface area contributed by atoms with Crippen LogP contribution in [0, 0.1) is 12.7 Å². The van der Waals surface area contributed by atoms with Crippen LogP contribution in [0.4, 0.5) is 15.9 Å². The highest BCUT2D eigenvalue weighted by Crippen LogP contribution is 2.34. The molecular formula is C25H18FN3S. The molecule has 0 aliphatic heterocycles. The van der Waals surface area contributed by atoms with Crippen LogP contribution >= 0.6 is 11.8 Å². The Kier molecular flexibility index (Phi) is 4.81. The van der Waals surface area contributed by atoms with Crippen LogP contribution in [0.1, 0.15) is 5.56 Å². The van der Waals surface area contributed by atoms with Crippen LogP contribution in [0.15, 0.2) is 94.9 Å². The number of hydrogen-bond donors (Lipinski definition) is 1. The second kappa shape index (κ2) is 7.76. The first-order valence-electron chi connectivity index (χ1n) is 9.62. The summed E-state index contributed by atoms with van der Waals surface area (Å²) >= 11 is 1.54. The monoisotopic (exact) mass is 411 g/mol. The number of aromatic nitrogens is 2. The molecule has 5 aromatic rings. The summed E-state index contributed by atoms with van der Waals surface area (Å²) in [6, 6.07) is 26.9. The molecule has 1 aromatic heterocycles. The first-order chi connectivity index (χ1) is 14.6. The molecule has 1 heterocycles. The Labute approximate surface area is 178 Å². The lowest BCUT2D eigenvalue weighted by Crippen LogP contribution is -1.99. The van der Waals surface area contributed by atoms with Gasteiger partial charge in [-0.3, -0.25) is 0 Å². The summed E-state index contributed by atoms with van der Waals surface area (Å²) in [7, 11) is 0. The normalized spacial score (nSPS) is 11.1. The molecule has 0 saturated carbocycles. The third-order valence-electron chi connectivity index (χ3n) is 4.82. The van der Waals surface area contributed by atoms with E-state index in [4.69, 9.17) is 9.97 Å². The number of aryl methyl sites for hydroxylation is 1. The summed E-state index contributed by atoms with van der Waals surface area (Å²) in [6.07, 6.45) is 0. The molecule has 0 saturated heterocycles. The number of rotatable bonds is 4.